The van der Waals surface area contributed by atoms with Gasteiger partial charge < -0.3 is 10.0 Å². The van der Waals surface area contributed by atoms with Gasteiger partial charge in [-0.25, -0.2) is 4.39 Å². The fraction of sp³-hybridized carbons (Fsp3) is 0.400. The number of carbonyl (C=O) groups is 1. The number of benzene rings is 1. The van der Waals surface area contributed by atoms with E-state index in [9.17, 15) is 14.3 Å². The molecule has 1 aromatic carbocycles. The Hall–Kier alpha value is -1.39. The number of carbonyl (C=O) groups excluding carboxylic acids is 1. The summed E-state index contributed by atoms with van der Waals surface area (Å²) < 4.78 is 13.0. The third-order valence-corrected chi connectivity index (χ3v) is 3.65. The standard InChI is InChI=1S/C15H17ClFNO2/c1-2-7-15(20)9-18(10-15)14(19)6-4-11-3-5-13(17)12(16)8-11/h3-6,8,20H,2,7,9-10H2,1H3. The maximum atomic E-state index is 13.0. The molecule has 108 valence electrons. The van der Waals surface area contributed by atoms with Crippen LogP contribution in [0.2, 0.25) is 5.02 Å². The van der Waals surface area contributed by atoms with Gasteiger partial charge in [0, 0.05) is 6.08 Å². The van der Waals surface area contributed by atoms with Crippen molar-refractivity contribution in [3.8, 4) is 0 Å². The highest BCUT2D eigenvalue weighted by atomic mass is 35.5. The van der Waals surface area contributed by atoms with Crippen LogP contribution in [0.5, 0.6) is 0 Å². The number of nitrogens with zero attached hydrogens (tertiary/aromatic N) is 1. The zero-order valence-electron chi connectivity index (χ0n) is 11.3. The van der Waals surface area contributed by atoms with Crippen LogP contribution in [0, 0.1) is 5.82 Å². The van der Waals surface area contributed by atoms with Crippen molar-refractivity contribution in [3.05, 3.63) is 40.7 Å². The predicted octanol–water partition coefficient (Wildman–Crippen LogP) is 2.87. The average molecular weight is 298 g/mol. The second-order valence-corrected chi connectivity index (χ2v) is 5.58. The normalized spacial score (nSPS) is 17.3. The van der Waals surface area contributed by atoms with Gasteiger partial charge in [-0.05, 0) is 30.2 Å². The quantitative estimate of drug-likeness (QED) is 0.868. The van der Waals surface area contributed by atoms with Crippen molar-refractivity contribution in [1.29, 1.82) is 0 Å². The monoisotopic (exact) mass is 297 g/mol. The largest absolute Gasteiger partial charge is 0.386 e. The van der Waals surface area contributed by atoms with Crippen molar-refractivity contribution in [1.82, 2.24) is 4.90 Å². The Bertz CT molecular complexity index is 539. The molecule has 3 nitrogen and oxygen atoms in total. The molecular formula is C15H17ClFNO2. The Morgan fingerprint density at radius 1 is 1.55 bits per heavy atom. The van der Waals surface area contributed by atoms with Crippen molar-refractivity contribution in [2.45, 2.75) is 25.4 Å². The Labute approximate surface area is 122 Å². The van der Waals surface area contributed by atoms with E-state index in [1.165, 1.54) is 18.2 Å². The molecule has 0 bridgehead atoms. The topological polar surface area (TPSA) is 40.5 Å². The highest BCUT2D eigenvalue weighted by molar-refractivity contribution is 6.30. The lowest BCUT2D eigenvalue weighted by molar-refractivity contribution is -0.151. The van der Waals surface area contributed by atoms with Gasteiger partial charge in [0.15, 0.2) is 0 Å². The van der Waals surface area contributed by atoms with Gasteiger partial charge in [0.1, 0.15) is 5.82 Å². The van der Waals surface area contributed by atoms with Crippen molar-refractivity contribution >= 4 is 23.6 Å². The maximum absolute atomic E-state index is 13.0. The Balaban J connectivity index is 1.92. The van der Waals surface area contributed by atoms with E-state index in [1.807, 2.05) is 6.92 Å². The molecule has 2 rings (SSSR count). The highest BCUT2D eigenvalue weighted by Gasteiger charge is 2.41. The second-order valence-electron chi connectivity index (χ2n) is 5.18. The minimum Gasteiger partial charge on any atom is -0.386 e. The molecule has 1 saturated heterocycles. The molecule has 0 unspecified atom stereocenters. The molecule has 1 N–H and O–H groups in total. The third kappa shape index (κ3) is 3.38. The van der Waals surface area contributed by atoms with Crippen LogP contribution in [0.15, 0.2) is 24.3 Å². The van der Waals surface area contributed by atoms with E-state index in [2.05, 4.69) is 0 Å². The molecule has 1 aliphatic heterocycles. The maximum Gasteiger partial charge on any atom is 0.246 e. The van der Waals surface area contributed by atoms with Crippen molar-refractivity contribution in [2.75, 3.05) is 13.1 Å². The summed E-state index contributed by atoms with van der Waals surface area (Å²) >= 11 is 5.67. The van der Waals surface area contributed by atoms with E-state index < -0.39 is 11.4 Å². The first-order chi connectivity index (χ1) is 9.43. The molecule has 0 spiro atoms. The van der Waals surface area contributed by atoms with Gasteiger partial charge in [0.05, 0.1) is 23.7 Å². The van der Waals surface area contributed by atoms with Gasteiger partial charge >= 0.3 is 0 Å². The highest BCUT2D eigenvalue weighted by Crippen LogP contribution is 2.26. The fourth-order valence-corrected chi connectivity index (χ4v) is 2.52. The summed E-state index contributed by atoms with van der Waals surface area (Å²) in [5, 5.41) is 10.0. The molecule has 20 heavy (non-hydrogen) atoms. The summed E-state index contributed by atoms with van der Waals surface area (Å²) in [6.45, 7) is 2.74. The van der Waals surface area contributed by atoms with Gasteiger partial charge in [0.2, 0.25) is 5.91 Å². The van der Waals surface area contributed by atoms with E-state index in [0.717, 1.165) is 6.42 Å². The number of aliphatic hydroxyl groups is 1. The lowest BCUT2D eigenvalue weighted by Crippen LogP contribution is -2.63. The van der Waals surface area contributed by atoms with E-state index in [4.69, 9.17) is 11.6 Å². The molecule has 1 aliphatic rings. The third-order valence-electron chi connectivity index (χ3n) is 3.36. The number of rotatable bonds is 4. The molecule has 5 heteroatoms. The van der Waals surface area contributed by atoms with Gasteiger partial charge in [0.25, 0.3) is 0 Å². The number of hydrogen-bond acceptors (Lipinski definition) is 2. The number of hydrogen-bond donors (Lipinski definition) is 1. The van der Waals surface area contributed by atoms with Crippen LogP contribution in [-0.4, -0.2) is 34.6 Å². The van der Waals surface area contributed by atoms with E-state index >= 15 is 0 Å². The summed E-state index contributed by atoms with van der Waals surface area (Å²) in [6.07, 6.45) is 4.59. The van der Waals surface area contributed by atoms with Crippen LogP contribution < -0.4 is 0 Å². The van der Waals surface area contributed by atoms with E-state index in [1.54, 1.807) is 17.0 Å². The molecule has 0 radical (unpaired) electrons. The van der Waals surface area contributed by atoms with Crippen molar-refractivity contribution in [3.63, 3.8) is 0 Å². The first kappa shape index (κ1) is 15.0. The van der Waals surface area contributed by atoms with Gasteiger partial charge in [-0.15, -0.1) is 0 Å². The Kier molecular flexibility index (Phi) is 4.45. The summed E-state index contributed by atoms with van der Waals surface area (Å²) in [7, 11) is 0. The van der Waals surface area contributed by atoms with E-state index in [0.29, 0.717) is 25.1 Å². The molecule has 1 amide bonds. The number of amides is 1. The van der Waals surface area contributed by atoms with Crippen LogP contribution in [0.1, 0.15) is 25.3 Å². The zero-order valence-corrected chi connectivity index (χ0v) is 12.0. The lowest BCUT2D eigenvalue weighted by Gasteiger charge is -2.46. The van der Waals surface area contributed by atoms with Crippen LogP contribution in [0.3, 0.4) is 0 Å². The van der Waals surface area contributed by atoms with Crippen LogP contribution in [0.4, 0.5) is 4.39 Å². The first-order valence-corrected chi connectivity index (χ1v) is 6.96. The SMILES string of the molecule is CCCC1(O)CN(C(=O)C=Cc2ccc(F)c(Cl)c2)C1. The number of likely N-dealkylation sites (tertiary alicyclic amines) is 1. The first-order valence-electron chi connectivity index (χ1n) is 6.58. The van der Waals surface area contributed by atoms with E-state index in [-0.39, 0.29) is 10.9 Å². The molecular weight excluding hydrogens is 281 g/mol. The molecule has 0 saturated carbocycles. The Morgan fingerprint density at radius 3 is 2.85 bits per heavy atom. The molecule has 1 aromatic rings. The van der Waals surface area contributed by atoms with Crippen molar-refractivity contribution in [2.24, 2.45) is 0 Å². The van der Waals surface area contributed by atoms with Crippen molar-refractivity contribution < 1.29 is 14.3 Å². The minimum absolute atomic E-state index is 0.0286. The van der Waals surface area contributed by atoms with Gasteiger partial charge in [-0.2, -0.15) is 0 Å². The van der Waals surface area contributed by atoms with Crippen LogP contribution >= 0.6 is 11.6 Å². The summed E-state index contributed by atoms with van der Waals surface area (Å²) in [5.74, 6) is -0.645. The number of halogens is 2. The Morgan fingerprint density at radius 2 is 2.25 bits per heavy atom. The summed E-state index contributed by atoms with van der Waals surface area (Å²) in [6, 6.07) is 4.27. The zero-order chi connectivity index (χ0) is 14.8. The lowest BCUT2D eigenvalue weighted by atomic mass is 9.89. The van der Waals surface area contributed by atoms with Gasteiger partial charge in [-0.3, -0.25) is 4.79 Å². The fourth-order valence-electron chi connectivity index (χ4n) is 2.33. The molecule has 0 aliphatic carbocycles. The molecule has 0 aromatic heterocycles. The predicted molar refractivity (Wildman–Crippen MR) is 76.9 cm³/mol. The second kappa shape index (κ2) is 5.94. The minimum atomic E-state index is -0.725. The summed E-state index contributed by atoms with van der Waals surface area (Å²) in [5.41, 5.74) is -0.0636. The van der Waals surface area contributed by atoms with Gasteiger partial charge in [-0.1, -0.05) is 31.0 Å². The molecule has 1 fully saturated rings. The van der Waals surface area contributed by atoms with Crippen LogP contribution in [0.25, 0.3) is 6.08 Å². The number of β-amino-alcohol motifs (C(OH)–C–C–N with tert-alkyl or cyclic N) is 1. The molecule has 1 heterocycles. The molecule has 0 atom stereocenters. The smallest absolute Gasteiger partial charge is 0.246 e. The average Bonchev–Trinajstić information content (AvgIpc) is 2.37. The summed E-state index contributed by atoms with van der Waals surface area (Å²) in [4.78, 5) is 13.4. The van der Waals surface area contributed by atoms with Crippen LogP contribution in [-0.2, 0) is 4.79 Å².